The van der Waals surface area contributed by atoms with E-state index in [4.69, 9.17) is 9.47 Å². The maximum Gasteiger partial charge on any atom is 0.193 e. The molecule has 0 aliphatic carbocycles. The van der Waals surface area contributed by atoms with Gasteiger partial charge in [0.2, 0.25) is 0 Å². The summed E-state index contributed by atoms with van der Waals surface area (Å²) in [6.45, 7) is 0.870. The fourth-order valence-corrected chi connectivity index (χ4v) is 2.50. The number of aliphatic imine (C=N–C) groups is 1. The molecule has 0 amide bonds. The number of nitrogens with zero attached hydrogens (tertiary/aromatic N) is 2. The molecule has 2 rings (SSSR count). The number of methoxy groups -OCH3 is 2. The maximum absolute atomic E-state index is 10.6. The first-order valence-electron chi connectivity index (χ1n) is 8.44. The molecule has 2 N–H and O–H groups in total. The highest BCUT2D eigenvalue weighted by atomic mass is 16.5. The van der Waals surface area contributed by atoms with Crippen LogP contribution in [0.3, 0.4) is 0 Å². The van der Waals surface area contributed by atoms with Crippen LogP contribution in [0.5, 0.6) is 11.5 Å². The molecule has 1 unspecified atom stereocenters. The first-order valence-corrected chi connectivity index (χ1v) is 8.44. The number of guanidine groups is 1. The molecule has 26 heavy (non-hydrogen) atoms. The molecule has 0 heterocycles. The van der Waals surface area contributed by atoms with Gasteiger partial charge in [0.15, 0.2) is 5.96 Å². The quantitative estimate of drug-likeness (QED) is 0.589. The van der Waals surface area contributed by atoms with Crippen LogP contribution in [0.2, 0.25) is 0 Å². The van der Waals surface area contributed by atoms with Crippen LogP contribution < -0.4 is 14.8 Å². The van der Waals surface area contributed by atoms with Crippen molar-refractivity contribution in [2.75, 3.05) is 34.9 Å². The lowest BCUT2D eigenvalue weighted by molar-refractivity contribution is 0.175. The Kier molecular flexibility index (Phi) is 7.29. The third-order valence-corrected chi connectivity index (χ3v) is 3.93. The van der Waals surface area contributed by atoms with Crippen LogP contribution in [0.1, 0.15) is 17.2 Å². The lowest BCUT2D eigenvalue weighted by Crippen LogP contribution is -2.38. The predicted octanol–water partition coefficient (Wildman–Crippen LogP) is 2.44. The largest absolute Gasteiger partial charge is 0.497 e. The molecule has 2 aromatic rings. The first kappa shape index (κ1) is 19.6. The van der Waals surface area contributed by atoms with Crippen LogP contribution in [0.25, 0.3) is 0 Å². The number of nitrogens with one attached hydrogen (secondary N) is 1. The molecule has 0 aliphatic heterocycles. The summed E-state index contributed by atoms with van der Waals surface area (Å²) in [5.74, 6) is 1.99. The van der Waals surface area contributed by atoms with E-state index in [1.165, 1.54) is 0 Å². The van der Waals surface area contributed by atoms with Crippen molar-refractivity contribution in [2.45, 2.75) is 12.6 Å². The van der Waals surface area contributed by atoms with E-state index >= 15 is 0 Å². The fraction of sp³-hybridized carbons (Fsp3) is 0.350. The molecule has 0 aliphatic rings. The highest BCUT2D eigenvalue weighted by Crippen LogP contribution is 2.29. The second-order valence-corrected chi connectivity index (χ2v) is 6.02. The smallest absolute Gasteiger partial charge is 0.193 e. The summed E-state index contributed by atoms with van der Waals surface area (Å²) in [6.07, 6.45) is -0.762. The van der Waals surface area contributed by atoms with Crippen molar-refractivity contribution < 1.29 is 14.6 Å². The van der Waals surface area contributed by atoms with Crippen LogP contribution in [0, 0.1) is 0 Å². The minimum atomic E-state index is -0.762. The van der Waals surface area contributed by atoms with Gasteiger partial charge in [0.1, 0.15) is 11.5 Å². The van der Waals surface area contributed by atoms with Crippen molar-refractivity contribution in [3.63, 3.8) is 0 Å². The number of rotatable bonds is 7. The van der Waals surface area contributed by atoms with E-state index in [0.29, 0.717) is 36.1 Å². The molecule has 0 bridgehead atoms. The van der Waals surface area contributed by atoms with Crippen LogP contribution >= 0.6 is 0 Å². The average molecular weight is 357 g/mol. The molecule has 0 fully saturated rings. The summed E-state index contributed by atoms with van der Waals surface area (Å²) < 4.78 is 10.6. The Morgan fingerprint density at radius 3 is 2.46 bits per heavy atom. The van der Waals surface area contributed by atoms with Gasteiger partial charge in [-0.05, 0) is 23.8 Å². The third-order valence-electron chi connectivity index (χ3n) is 3.93. The van der Waals surface area contributed by atoms with E-state index in [1.807, 2.05) is 49.3 Å². The van der Waals surface area contributed by atoms with E-state index < -0.39 is 6.10 Å². The summed E-state index contributed by atoms with van der Waals surface area (Å²) in [7, 11) is 7.00. The molecule has 0 aromatic heterocycles. The van der Waals surface area contributed by atoms with E-state index in [1.54, 1.807) is 32.4 Å². The van der Waals surface area contributed by atoms with E-state index in [0.717, 1.165) is 5.56 Å². The van der Waals surface area contributed by atoms with Crippen LogP contribution in [-0.4, -0.2) is 50.8 Å². The topological polar surface area (TPSA) is 66.3 Å². The minimum absolute atomic E-state index is 0.301. The molecular weight excluding hydrogens is 330 g/mol. The zero-order valence-electron chi connectivity index (χ0n) is 15.8. The maximum atomic E-state index is 10.6. The number of hydrogen-bond donors (Lipinski definition) is 2. The highest BCUT2D eigenvalue weighted by molar-refractivity contribution is 5.79. The molecule has 0 saturated carbocycles. The van der Waals surface area contributed by atoms with Crippen LogP contribution in [0.4, 0.5) is 0 Å². The van der Waals surface area contributed by atoms with Gasteiger partial charge >= 0.3 is 0 Å². The Morgan fingerprint density at radius 2 is 1.85 bits per heavy atom. The monoisotopic (exact) mass is 357 g/mol. The van der Waals surface area contributed by atoms with Gasteiger partial charge in [-0.3, -0.25) is 0 Å². The molecule has 1 atom stereocenters. The summed E-state index contributed by atoms with van der Waals surface area (Å²) in [5.41, 5.74) is 1.80. The van der Waals surface area contributed by atoms with Crippen molar-refractivity contribution in [1.29, 1.82) is 0 Å². The summed E-state index contributed by atoms with van der Waals surface area (Å²) in [5, 5.41) is 13.8. The van der Waals surface area contributed by atoms with Gasteiger partial charge in [-0.1, -0.05) is 30.3 Å². The number of ether oxygens (including phenoxy) is 2. The number of aliphatic hydroxyl groups is 1. The number of hydrogen-bond acceptors (Lipinski definition) is 4. The Balaban J connectivity index is 2.06. The highest BCUT2D eigenvalue weighted by Gasteiger charge is 2.15. The fourth-order valence-electron chi connectivity index (χ4n) is 2.50. The first-order chi connectivity index (χ1) is 12.5. The van der Waals surface area contributed by atoms with Crippen LogP contribution in [-0.2, 0) is 6.54 Å². The summed E-state index contributed by atoms with van der Waals surface area (Å²) in [6, 6.07) is 15.4. The van der Waals surface area contributed by atoms with Gasteiger partial charge in [0.05, 0.1) is 26.9 Å². The standard InChI is InChI=1S/C20H27N3O3/c1-23(2)20(21-13-15-8-6-5-7-9-15)22-14-18(24)17-12-16(25-3)10-11-19(17)26-4/h5-12,18,24H,13-14H2,1-4H3,(H,21,22). The Labute approximate surface area is 155 Å². The van der Waals surface area contributed by atoms with E-state index in [2.05, 4.69) is 10.3 Å². The van der Waals surface area contributed by atoms with Gasteiger partial charge in [-0.15, -0.1) is 0 Å². The van der Waals surface area contributed by atoms with E-state index in [-0.39, 0.29) is 0 Å². The Hall–Kier alpha value is -2.73. The average Bonchev–Trinajstić information content (AvgIpc) is 2.67. The molecule has 6 heteroatoms. The Morgan fingerprint density at radius 1 is 1.12 bits per heavy atom. The van der Waals surface area contributed by atoms with Crippen molar-refractivity contribution in [3.05, 3.63) is 59.7 Å². The molecule has 2 aromatic carbocycles. The minimum Gasteiger partial charge on any atom is -0.497 e. The molecular formula is C20H27N3O3. The predicted molar refractivity (Wildman–Crippen MR) is 104 cm³/mol. The second-order valence-electron chi connectivity index (χ2n) is 6.02. The lowest BCUT2D eigenvalue weighted by atomic mass is 10.1. The van der Waals surface area contributed by atoms with Crippen molar-refractivity contribution in [2.24, 2.45) is 4.99 Å². The lowest BCUT2D eigenvalue weighted by Gasteiger charge is -2.21. The third kappa shape index (κ3) is 5.39. The molecule has 6 nitrogen and oxygen atoms in total. The van der Waals surface area contributed by atoms with Crippen molar-refractivity contribution in [1.82, 2.24) is 10.2 Å². The van der Waals surface area contributed by atoms with E-state index in [9.17, 15) is 5.11 Å². The van der Waals surface area contributed by atoms with Crippen molar-refractivity contribution in [3.8, 4) is 11.5 Å². The van der Waals surface area contributed by atoms with Crippen molar-refractivity contribution >= 4 is 5.96 Å². The Bertz CT molecular complexity index is 717. The molecule has 0 spiro atoms. The summed E-state index contributed by atoms with van der Waals surface area (Å²) >= 11 is 0. The van der Waals surface area contributed by atoms with Crippen LogP contribution in [0.15, 0.2) is 53.5 Å². The SMILES string of the molecule is COc1ccc(OC)c(C(O)CNC(=NCc2ccccc2)N(C)C)c1. The second kappa shape index (κ2) is 9.68. The molecule has 140 valence electrons. The van der Waals surface area contributed by atoms with Gasteiger partial charge < -0.3 is 24.8 Å². The zero-order chi connectivity index (χ0) is 18.9. The van der Waals surface area contributed by atoms with Gasteiger partial charge in [0.25, 0.3) is 0 Å². The van der Waals surface area contributed by atoms with Gasteiger partial charge in [-0.25, -0.2) is 4.99 Å². The number of aliphatic hydroxyl groups excluding tert-OH is 1. The number of benzene rings is 2. The van der Waals surface area contributed by atoms with Gasteiger partial charge in [-0.2, -0.15) is 0 Å². The molecule has 0 radical (unpaired) electrons. The zero-order valence-corrected chi connectivity index (χ0v) is 15.8. The van der Waals surface area contributed by atoms with Gasteiger partial charge in [0, 0.05) is 26.2 Å². The molecule has 0 saturated heterocycles. The summed E-state index contributed by atoms with van der Waals surface area (Å²) in [4.78, 5) is 6.49. The normalized spacial score (nSPS) is 12.4.